The number of rotatable bonds is 4. The molecule has 0 atom stereocenters. The Kier molecular flexibility index (Phi) is 3.33. The number of alkyl halides is 2. The second kappa shape index (κ2) is 4.75. The average molecular weight is 237 g/mol. The highest BCUT2D eigenvalue weighted by molar-refractivity contribution is 5.81. The Morgan fingerprint density at radius 1 is 1.24 bits per heavy atom. The van der Waals surface area contributed by atoms with E-state index >= 15 is 0 Å². The van der Waals surface area contributed by atoms with Crippen molar-refractivity contribution in [1.29, 1.82) is 0 Å². The molecule has 90 valence electrons. The second-order valence-corrected chi connectivity index (χ2v) is 3.77. The Labute approximate surface area is 98.2 Å². The molecule has 1 aromatic carbocycles. The maximum atomic E-state index is 13.0. The summed E-state index contributed by atoms with van der Waals surface area (Å²) in [6.07, 6.45) is -1.71. The second-order valence-electron chi connectivity index (χ2n) is 3.77. The zero-order valence-corrected chi connectivity index (χ0v) is 9.49. The van der Waals surface area contributed by atoms with Crippen LogP contribution in [0.4, 0.5) is 8.78 Å². The number of nitrogens with zero attached hydrogens (tertiary/aromatic N) is 1. The van der Waals surface area contributed by atoms with Crippen LogP contribution in [0.1, 0.15) is 18.9 Å². The lowest BCUT2D eigenvalue weighted by molar-refractivity contribution is -0.246. The van der Waals surface area contributed by atoms with Gasteiger partial charge in [0.2, 0.25) is 0 Å². The highest BCUT2D eigenvalue weighted by Crippen LogP contribution is 2.24. The van der Waals surface area contributed by atoms with Gasteiger partial charge in [0.1, 0.15) is 0 Å². The fourth-order valence-electron chi connectivity index (χ4n) is 1.58. The SMILES string of the molecule is CCC(F)(F)OCc1cccc2ncccc12. The van der Waals surface area contributed by atoms with Crippen LogP contribution in [0, 0.1) is 0 Å². The number of hydrogen-bond acceptors (Lipinski definition) is 2. The zero-order valence-electron chi connectivity index (χ0n) is 9.49. The zero-order chi connectivity index (χ0) is 12.3. The number of halogens is 2. The summed E-state index contributed by atoms with van der Waals surface area (Å²) in [5, 5.41) is 0.849. The van der Waals surface area contributed by atoms with Crippen molar-refractivity contribution in [2.24, 2.45) is 0 Å². The minimum atomic E-state index is -3.07. The van der Waals surface area contributed by atoms with E-state index in [1.165, 1.54) is 6.92 Å². The highest BCUT2D eigenvalue weighted by atomic mass is 19.3. The summed E-state index contributed by atoms with van der Waals surface area (Å²) < 4.78 is 30.6. The minimum absolute atomic E-state index is 0.107. The summed E-state index contributed by atoms with van der Waals surface area (Å²) in [7, 11) is 0. The van der Waals surface area contributed by atoms with Crippen molar-refractivity contribution in [1.82, 2.24) is 4.98 Å². The molecule has 1 heterocycles. The van der Waals surface area contributed by atoms with Crippen molar-refractivity contribution in [2.75, 3.05) is 0 Å². The van der Waals surface area contributed by atoms with E-state index in [1.54, 1.807) is 24.4 Å². The summed E-state index contributed by atoms with van der Waals surface area (Å²) in [6.45, 7) is 1.29. The third-order valence-electron chi connectivity index (χ3n) is 2.59. The van der Waals surface area contributed by atoms with Crippen molar-refractivity contribution in [3.63, 3.8) is 0 Å². The summed E-state index contributed by atoms with van der Waals surface area (Å²) in [6, 6.07) is 9.04. The highest BCUT2D eigenvalue weighted by Gasteiger charge is 2.26. The summed E-state index contributed by atoms with van der Waals surface area (Å²) >= 11 is 0. The van der Waals surface area contributed by atoms with Gasteiger partial charge in [-0.15, -0.1) is 0 Å². The van der Waals surface area contributed by atoms with Crippen LogP contribution in [-0.2, 0) is 11.3 Å². The number of fused-ring (bicyclic) bond motifs is 1. The van der Waals surface area contributed by atoms with Crippen molar-refractivity contribution in [3.8, 4) is 0 Å². The number of hydrogen-bond donors (Lipinski definition) is 0. The lowest BCUT2D eigenvalue weighted by Gasteiger charge is -2.15. The van der Waals surface area contributed by atoms with Gasteiger partial charge in [0.25, 0.3) is 0 Å². The van der Waals surface area contributed by atoms with Gasteiger partial charge in [0.05, 0.1) is 12.1 Å². The molecule has 0 saturated heterocycles. The smallest absolute Gasteiger partial charge is 0.316 e. The first kappa shape index (κ1) is 11.9. The Hall–Kier alpha value is -1.55. The minimum Gasteiger partial charge on any atom is -0.316 e. The van der Waals surface area contributed by atoms with Crippen LogP contribution in [0.5, 0.6) is 0 Å². The van der Waals surface area contributed by atoms with Crippen molar-refractivity contribution < 1.29 is 13.5 Å². The van der Waals surface area contributed by atoms with Gasteiger partial charge < -0.3 is 4.74 Å². The first-order chi connectivity index (χ1) is 8.12. The monoisotopic (exact) mass is 237 g/mol. The normalized spacial score (nSPS) is 11.9. The quantitative estimate of drug-likeness (QED) is 0.807. The van der Waals surface area contributed by atoms with E-state index in [0.29, 0.717) is 0 Å². The molecule has 0 N–H and O–H groups in total. The lowest BCUT2D eigenvalue weighted by Crippen LogP contribution is -2.19. The molecule has 0 saturated carbocycles. The predicted molar refractivity (Wildman–Crippen MR) is 61.8 cm³/mol. The van der Waals surface area contributed by atoms with Gasteiger partial charge in [-0.05, 0) is 17.7 Å². The maximum absolute atomic E-state index is 13.0. The van der Waals surface area contributed by atoms with Crippen LogP contribution in [0.15, 0.2) is 36.5 Å². The van der Waals surface area contributed by atoms with Crippen molar-refractivity contribution in [2.45, 2.75) is 26.1 Å². The third kappa shape index (κ3) is 2.77. The molecule has 2 aromatic rings. The first-order valence-corrected chi connectivity index (χ1v) is 5.47. The van der Waals surface area contributed by atoms with E-state index in [1.807, 2.05) is 12.1 Å². The standard InChI is InChI=1S/C13H13F2NO/c1-2-13(14,15)17-9-10-5-3-7-12-11(10)6-4-8-16-12/h3-8H,2,9H2,1H3. The van der Waals surface area contributed by atoms with Crippen LogP contribution in [0.2, 0.25) is 0 Å². The Morgan fingerprint density at radius 2 is 2.06 bits per heavy atom. The maximum Gasteiger partial charge on any atom is 0.355 e. The Bertz CT molecular complexity index is 508. The van der Waals surface area contributed by atoms with Crippen molar-refractivity contribution >= 4 is 10.9 Å². The van der Waals surface area contributed by atoms with E-state index in [0.717, 1.165) is 16.5 Å². The lowest BCUT2D eigenvalue weighted by atomic mass is 10.1. The number of ether oxygens (including phenoxy) is 1. The molecule has 1 aromatic heterocycles. The molecule has 0 spiro atoms. The van der Waals surface area contributed by atoms with Gasteiger partial charge in [-0.25, -0.2) is 0 Å². The summed E-state index contributed by atoms with van der Waals surface area (Å²) in [5.41, 5.74) is 1.51. The van der Waals surface area contributed by atoms with Crippen LogP contribution in [0.25, 0.3) is 10.9 Å². The van der Waals surface area contributed by atoms with Gasteiger partial charge >= 0.3 is 6.11 Å². The van der Waals surface area contributed by atoms with E-state index < -0.39 is 6.11 Å². The molecule has 0 aliphatic carbocycles. The first-order valence-electron chi connectivity index (χ1n) is 5.47. The summed E-state index contributed by atoms with van der Waals surface area (Å²) in [4.78, 5) is 4.16. The fourth-order valence-corrected chi connectivity index (χ4v) is 1.58. The van der Waals surface area contributed by atoms with Crippen molar-refractivity contribution in [3.05, 3.63) is 42.1 Å². The fraction of sp³-hybridized carbons (Fsp3) is 0.308. The molecule has 0 aliphatic heterocycles. The van der Waals surface area contributed by atoms with Crippen LogP contribution in [-0.4, -0.2) is 11.1 Å². The number of pyridine rings is 1. The van der Waals surface area contributed by atoms with Crippen LogP contribution < -0.4 is 0 Å². The molecule has 0 unspecified atom stereocenters. The van der Waals surface area contributed by atoms with E-state index in [2.05, 4.69) is 9.72 Å². The molecule has 0 fully saturated rings. The topological polar surface area (TPSA) is 22.1 Å². The molecular weight excluding hydrogens is 224 g/mol. The molecule has 4 heteroatoms. The molecular formula is C13H13F2NO. The molecule has 17 heavy (non-hydrogen) atoms. The number of benzene rings is 1. The van der Waals surface area contributed by atoms with Gasteiger partial charge in [0, 0.05) is 18.0 Å². The van der Waals surface area contributed by atoms with Crippen LogP contribution >= 0.6 is 0 Å². The Balaban J connectivity index is 2.24. The van der Waals surface area contributed by atoms with Gasteiger partial charge in [0.15, 0.2) is 0 Å². The van der Waals surface area contributed by atoms with Gasteiger partial charge in [-0.2, -0.15) is 8.78 Å². The van der Waals surface area contributed by atoms with Gasteiger partial charge in [-0.1, -0.05) is 25.1 Å². The van der Waals surface area contributed by atoms with E-state index in [4.69, 9.17) is 0 Å². The molecule has 2 nitrogen and oxygen atoms in total. The molecule has 0 amide bonds. The van der Waals surface area contributed by atoms with Crippen LogP contribution in [0.3, 0.4) is 0 Å². The predicted octanol–water partition coefficient (Wildman–Crippen LogP) is 3.75. The average Bonchev–Trinajstić information content (AvgIpc) is 2.36. The largest absolute Gasteiger partial charge is 0.355 e. The van der Waals surface area contributed by atoms with E-state index in [9.17, 15) is 8.78 Å². The van der Waals surface area contributed by atoms with Gasteiger partial charge in [-0.3, -0.25) is 4.98 Å². The molecule has 0 bridgehead atoms. The molecule has 0 radical (unpaired) electrons. The van der Waals surface area contributed by atoms with E-state index in [-0.39, 0.29) is 13.0 Å². The molecule has 2 rings (SSSR count). The Morgan fingerprint density at radius 3 is 2.82 bits per heavy atom. The molecule has 0 aliphatic rings. The number of aromatic nitrogens is 1. The summed E-state index contributed by atoms with van der Waals surface area (Å²) in [5.74, 6) is 0. The third-order valence-corrected chi connectivity index (χ3v) is 2.59.